The molecular formula is C23H22F4N2O5S. The molecule has 2 aliphatic rings. The molecule has 2 heterocycles. The average molecular weight is 514 g/mol. The van der Waals surface area contributed by atoms with Gasteiger partial charge in [0.25, 0.3) is 5.91 Å². The zero-order valence-electron chi connectivity index (χ0n) is 19.0. The van der Waals surface area contributed by atoms with E-state index in [0.29, 0.717) is 5.56 Å². The predicted molar refractivity (Wildman–Crippen MR) is 119 cm³/mol. The van der Waals surface area contributed by atoms with Crippen LogP contribution in [0, 0.1) is 5.82 Å². The van der Waals surface area contributed by atoms with E-state index < -0.39 is 56.2 Å². The Morgan fingerprint density at radius 2 is 1.77 bits per heavy atom. The highest BCUT2D eigenvalue weighted by atomic mass is 32.2. The maximum Gasteiger partial charge on any atom is 0.573 e. The Balaban J connectivity index is 1.70. The molecule has 2 amide bonds. The first-order chi connectivity index (χ1) is 16.0. The summed E-state index contributed by atoms with van der Waals surface area (Å²) >= 11 is 0. The predicted octanol–water partition coefficient (Wildman–Crippen LogP) is 3.99. The number of halogens is 4. The Labute approximate surface area is 199 Å². The van der Waals surface area contributed by atoms with Crippen LogP contribution in [0.15, 0.2) is 36.4 Å². The van der Waals surface area contributed by atoms with Gasteiger partial charge in [-0.25, -0.2) is 12.8 Å². The van der Waals surface area contributed by atoms with Crippen LogP contribution in [-0.2, 0) is 20.0 Å². The second kappa shape index (κ2) is 7.94. The van der Waals surface area contributed by atoms with Crippen molar-refractivity contribution in [3.8, 4) is 5.75 Å². The first-order valence-electron chi connectivity index (χ1n) is 10.6. The van der Waals surface area contributed by atoms with Crippen LogP contribution in [0.4, 0.5) is 28.9 Å². The Morgan fingerprint density at radius 1 is 1.09 bits per heavy atom. The van der Waals surface area contributed by atoms with Crippen molar-refractivity contribution in [3.63, 3.8) is 0 Å². The van der Waals surface area contributed by atoms with Gasteiger partial charge in [0.05, 0.1) is 33.8 Å². The zero-order valence-corrected chi connectivity index (χ0v) is 19.8. The second-order valence-corrected chi connectivity index (χ2v) is 11.7. The lowest BCUT2D eigenvalue weighted by Crippen LogP contribution is -2.46. The van der Waals surface area contributed by atoms with E-state index in [4.69, 9.17) is 0 Å². The molecule has 1 N–H and O–H groups in total. The summed E-state index contributed by atoms with van der Waals surface area (Å²) in [6.07, 6.45) is -4.74. The van der Waals surface area contributed by atoms with Crippen LogP contribution in [0.2, 0.25) is 0 Å². The molecule has 1 atom stereocenters. The topological polar surface area (TPSA) is 92.8 Å². The average Bonchev–Trinajstić information content (AvgIpc) is 3.11. The van der Waals surface area contributed by atoms with Crippen LogP contribution < -0.4 is 15.0 Å². The molecule has 0 unspecified atom stereocenters. The van der Waals surface area contributed by atoms with E-state index in [0.717, 1.165) is 23.1 Å². The number of ether oxygens (including phenoxy) is 1. The third-order valence-corrected chi connectivity index (χ3v) is 8.12. The number of benzene rings is 2. The second-order valence-electron chi connectivity index (χ2n) is 9.52. The van der Waals surface area contributed by atoms with Gasteiger partial charge in [0.15, 0.2) is 9.84 Å². The number of rotatable bonds is 4. The summed E-state index contributed by atoms with van der Waals surface area (Å²) in [5, 5.41) is 2.74. The lowest BCUT2D eigenvalue weighted by Gasteiger charge is -2.24. The van der Waals surface area contributed by atoms with Crippen molar-refractivity contribution >= 4 is 33.0 Å². The van der Waals surface area contributed by atoms with E-state index in [9.17, 15) is 35.6 Å². The van der Waals surface area contributed by atoms with E-state index in [1.807, 2.05) is 0 Å². The lowest BCUT2D eigenvalue weighted by molar-refractivity contribution is -0.274. The number of hydrogen-bond acceptors (Lipinski definition) is 5. The molecule has 1 fully saturated rings. The van der Waals surface area contributed by atoms with Gasteiger partial charge in [-0.3, -0.25) is 14.5 Å². The number of nitrogens with one attached hydrogen (secondary N) is 1. The third kappa shape index (κ3) is 4.71. The number of alkyl halides is 3. The molecule has 188 valence electrons. The monoisotopic (exact) mass is 514 g/mol. The summed E-state index contributed by atoms with van der Waals surface area (Å²) < 4.78 is 80.2. The van der Waals surface area contributed by atoms with Gasteiger partial charge in [0.1, 0.15) is 11.6 Å². The molecule has 1 saturated heterocycles. The van der Waals surface area contributed by atoms with Gasteiger partial charge in [-0.05, 0) is 63.1 Å². The maximum atomic E-state index is 14.7. The number of nitrogens with zero attached hydrogens (tertiary/aromatic N) is 1. The van der Waals surface area contributed by atoms with Crippen molar-refractivity contribution in [1.29, 1.82) is 0 Å². The first kappa shape index (κ1) is 25.0. The third-order valence-electron chi connectivity index (χ3n) is 6.22. The van der Waals surface area contributed by atoms with Gasteiger partial charge in [-0.1, -0.05) is 0 Å². The zero-order chi connectivity index (χ0) is 26.0. The number of carbonyl (C=O) groups excluding carboxylic acids is 2. The minimum atomic E-state index is -5.00. The van der Waals surface area contributed by atoms with Crippen LogP contribution >= 0.6 is 0 Å². The van der Waals surface area contributed by atoms with Crippen molar-refractivity contribution in [1.82, 2.24) is 5.32 Å². The Hall–Kier alpha value is -3.15. The number of anilines is 2. The fourth-order valence-corrected chi connectivity index (χ4v) is 6.53. The van der Waals surface area contributed by atoms with Gasteiger partial charge in [-0.15, -0.1) is 13.2 Å². The molecule has 0 radical (unpaired) electrons. The minimum absolute atomic E-state index is 0.0346. The standard InChI is InChI=1S/C23H22F4N2O5S/c1-21(2)15-10-13(19(30)28-22(3)8-9-35(32,33)12-22)4-7-17(15)29(20(21)31)18-11-14(5-6-16(18)24)34-23(25,26)27/h4-7,10-11H,8-9,12H2,1-3H3,(H,28,30)/t22-/m0/s1. The number of sulfone groups is 1. The van der Waals surface area contributed by atoms with Gasteiger partial charge in [-0.2, -0.15) is 0 Å². The summed E-state index contributed by atoms with van der Waals surface area (Å²) in [6, 6.07) is 6.60. The van der Waals surface area contributed by atoms with Gasteiger partial charge in [0, 0.05) is 11.6 Å². The lowest BCUT2D eigenvalue weighted by atomic mass is 9.85. The van der Waals surface area contributed by atoms with Crippen LogP contribution in [0.5, 0.6) is 5.75 Å². The van der Waals surface area contributed by atoms with E-state index in [1.165, 1.54) is 18.2 Å². The highest BCUT2D eigenvalue weighted by molar-refractivity contribution is 7.91. The highest BCUT2D eigenvalue weighted by Crippen LogP contribution is 2.47. The van der Waals surface area contributed by atoms with Gasteiger partial charge in [0.2, 0.25) is 5.91 Å². The number of amides is 2. The van der Waals surface area contributed by atoms with Gasteiger partial charge < -0.3 is 10.1 Å². The summed E-state index contributed by atoms with van der Waals surface area (Å²) in [4.78, 5) is 27.1. The molecule has 0 aromatic heterocycles. The number of hydrogen-bond donors (Lipinski definition) is 1. The molecule has 0 spiro atoms. The van der Waals surface area contributed by atoms with Crippen molar-refractivity contribution in [2.75, 3.05) is 16.4 Å². The summed E-state index contributed by atoms with van der Waals surface area (Å²) in [7, 11) is -3.26. The molecule has 7 nitrogen and oxygen atoms in total. The molecule has 0 bridgehead atoms. The van der Waals surface area contributed by atoms with Crippen molar-refractivity contribution < 1.29 is 40.3 Å². The van der Waals surface area contributed by atoms with Crippen molar-refractivity contribution in [2.24, 2.45) is 0 Å². The number of carbonyl (C=O) groups is 2. The quantitative estimate of drug-likeness (QED) is 0.623. The normalized spacial score (nSPS) is 22.7. The fourth-order valence-electron chi connectivity index (χ4n) is 4.43. The fraction of sp³-hybridized carbons (Fsp3) is 0.391. The van der Waals surface area contributed by atoms with Crippen LogP contribution in [0.25, 0.3) is 0 Å². The van der Waals surface area contributed by atoms with Crippen molar-refractivity contribution in [2.45, 2.75) is 44.5 Å². The molecule has 2 aliphatic heterocycles. The van der Waals surface area contributed by atoms with Crippen molar-refractivity contribution in [3.05, 3.63) is 53.3 Å². The molecular weight excluding hydrogens is 492 g/mol. The smallest absolute Gasteiger partial charge is 0.406 e. The largest absolute Gasteiger partial charge is 0.573 e. The summed E-state index contributed by atoms with van der Waals surface area (Å²) in [6.45, 7) is 4.74. The summed E-state index contributed by atoms with van der Waals surface area (Å²) in [5.41, 5.74) is -1.88. The molecule has 0 aliphatic carbocycles. The summed E-state index contributed by atoms with van der Waals surface area (Å²) in [5.74, 6) is -3.00. The first-order valence-corrected chi connectivity index (χ1v) is 12.4. The van der Waals surface area contributed by atoms with Crippen LogP contribution in [0.3, 0.4) is 0 Å². The molecule has 35 heavy (non-hydrogen) atoms. The molecule has 4 rings (SSSR count). The Morgan fingerprint density at radius 3 is 2.37 bits per heavy atom. The molecule has 12 heteroatoms. The SMILES string of the molecule is CC1(C)C(=O)N(c2cc(OC(F)(F)F)ccc2F)c2ccc(C(=O)N[C@@]3(C)CCS(=O)(=O)C3)cc21. The maximum absolute atomic E-state index is 14.7. The van der Waals surface area contributed by atoms with E-state index in [-0.39, 0.29) is 29.2 Å². The highest BCUT2D eigenvalue weighted by Gasteiger charge is 2.46. The molecule has 2 aromatic carbocycles. The molecule has 0 saturated carbocycles. The Kier molecular flexibility index (Phi) is 5.66. The van der Waals surface area contributed by atoms with Crippen LogP contribution in [-0.4, -0.2) is 43.6 Å². The number of fused-ring (bicyclic) bond motifs is 1. The molecule has 2 aromatic rings. The Bertz CT molecular complexity index is 1340. The van der Waals surface area contributed by atoms with E-state index >= 15 is 0 Å². The van der Waals surface area contributed by atoms with E-state index in [1.54, 1.807) is 20.8 Å². The van der Waals surface area contributed by atoms with Gasteiger partial charge >= 0.3 is 6.36 Å². The minimum Gasteiger partial charge on any atom is -0.406 e. The van der Waals surface area contributed by atoms with Crippen LogP contribution in [0.1, 0.15) is 43.1 Å². The van der Waals surface area contributed by atoms with E-state index in [2.05, 4.69) is 10.1 Å².